The van der Waals surface area contributed by atoms with Crippen LogP contribution in [0.1, 0.15) is 55.6 Å². The zero-order valence-corrected chi connectivity index (χ0v) is 19.0. The summed E-state index contributed by atoms with van der Waals surface area (Å²) in [6.45, 7) is 5.78. The first-order chi connectivity index (χ1) is 15.3. The van der Waals surface area contributed by atoms with Crippen molar-refractivity contribution < 1.29 is 18.7 Å². The predicted octanol–water partition coefficient (Wildman–Crippen LogP) is 4.90. The van der Waals surface area contributed by atoms with E-state index >= 15 is 0 Å². The van der Waals surface area contributed by atoms with Crippen molar-refractivity contribution in [3.63, 3.8) is 0 Å². The predicted molar refractivity (Wildman–Crippen MR) is 123 cm³/mol. The summed E-state index contributed by atoms with van der Waals surface area (Å²) in [4.78, 5) is 28.2. The topological polar surface area (TPSA) is 58.6 Å². The summed E-state index contributed by atoms with van der Waals surface area (Å²) >= 11 is 0. The number of rotatable bonds is 2. The molecule has 0 bridgehead atoms. The van der Waals surface area contributed by atoms with Gasteiger partial charge in [-0.3, -0.25) is 9.59 Å². The number of nitrogens with zero attached hydrogens (tertiary/aromatic N) is 1. The summed E-state index contributed by atoms with van der Waals surface area (Å²) in [6, 6.07) is 12.2. The van der Waals surface area contributed by atoms with Gasteiger partial charge in [0.05, 0.1) is 17.7 Å². The second kappa shape index (κ2) is 10.4. The molecular formula is C26H31FN2O3. The van der Waals surface area contributed by atoms with Crippen LogP contribution in [0.15, 0.2) is 60.7 Å². The lowest BCUT2D eigenvalue weighted by atomic mass is 9.98. The Morgan fingerprint density at radius 1 is 1.03 bits per heavy atom. The van der Waals surface area contributed by atoms with E-state index in [1.54, 1.807) is 37.4 Å². The minimum absolute atomic E-state index is 0.117. The van der Waals surface area contributed by atoms with E-state index in [2.05, 4.69) is 5.32 Å². The Labute approximate surface area is 189 Å². The van der Waals surface area contributed by atoms with Crippen LogP contribution in [0.3, 0.4) is 0 Å². The van der Waals surface area contributed by atoms with Crippen molar-refractivity contribution in [2.45, 2.75) is 51.8 Å². The van der Waals surface area contributed by atoms with E-state index in [9.17, 15) is 14.0 Å². The molecule has 3 atom stereocenters. The fourth-order valence-corrected chi connectivity index (χ4v) is 4.00. The fraction of sp³-hybridized carbons (Fsp3) is 0.385. The number of nitrogens with one attached hydrogen (secondary N) is 1. The maximum absolute atomic E-state index is 13.4. The van der Waals surface area contributed by atoms with Crippen molar-refractivity contribution in [1.29, 1.82) is 0 Å². The van der Waals surface area contributed by atoms with Crippen LogP contribution < -0.4 is 10.1 Å². The molecule has 1 aliphatic heterocycles. The Kier molecular flexibility index (Phi) is 7.67. The molecule has 5 nitrogen and oxygen atoms in total. The van der Waals surface area contributed by atoms with Crippen LogP contribution in [-0.4, -0.2) is 35.9 Å². The van der Waals surface area contributed by atoms with Gasteiger partial charge in [-0.2, -0.15) is 0 Å². The molecule has 0 spiro atoms. The van der Waals surface area contributed by atoms with Gasteiger partial charge in [-0.15, -0.1) is 0 Å². The molecule has 6 heteroatoms. The molecule has 170 valence electrons. The zero-order chi connectivity index (χ0) is 23.3. The summed E-state index contributed by atoms with van der Waals surface area (Å²) in [5, 5.41) is 3.09. The molecular weight excluding hydrogens is 407 g/mol. The van der Waals surface area contributed by atoms with Gasteiger partial charge in [0.2, 0.25) is 5.91 Å². The van der Waals surface area contributed by atoms with Gasteiger partial charge in [-0.1, -0.05) is 50.3 Å². The highest BCUT2D eigenvalue weighted by atomic mass is 19.1. The number of carbonyl (C=O) groups excluding carboxylic acids is 2. The normalized spacial score (nSPS) is 23.7. The molecule has 3 rings (SSSR count). The highest BCUT2D eigenvalue weighted by molar-refractivity contribution is 5.99. The van der Waals surface area contributed by atoms with Crippen LogP contribution in [0, 0.1) is 11.7 Å². The van der Waals surface area contributed by atoms with Crippen LogP contribution in [0.4, 0.5) is 4.39 Å². The third-order valence-electron chi connectivity index (χ3n) is 5.68. The largest absolute Gasteiger partial charge is 0.490 e. The molecule has 0 unspecified atom stereocenters. The molecule has 0 aliphatic carbocycles. The number of fused-ring (bicyclic) bond motifs is 1. The third kappa shape index (κ3) is 5.55. The average molecular weight is 439 g/mol. The first kappa shape index (κ1) is 23.5. The highest BCUT2D eigenvalue weighted by Gasteiger charge is 2.33. The first-order valence-corrected chi connectivity index (χ1v) is 11.0. The van der Waals surface area contributed by atoms with Crippen LogP contribution in [0.2, 0.25) is 0 Å². The van der Waals surface area contributed by atoms with Gasteiger partial charge in [0.1, 0.15) is 17.6 Å². The first-order valence-electron chi connectivity index (χ1n) is 11.0. The van der Waals surface area contributed by atoms with Gasteiger partial charge in [0, 0.05) is 13.5 Å². The smallest absolute Gasteiger partial charge is 0.258 e. The second-order valence-corrected chi connectivity index (χ2v) is 8.59. The van der Waals surface area contributed by atoms with Crippen molar-refractivity contribution >= 4 is 11.8 Å². The molecule has 1 heterocycles. The lowest BCUT2D eigenvalue weighted by Gasteiger charge is -2.32. The molecule has 0 fully saturated rings. The monoisotopic (exact) mass is 438 g/mol. The van der Waals surface area contributed by atoms with E-state index in [1.165, 1.54) is 17.0 Å². The van der Waals surface area contributed by atoms with Crippen LogP contribution in [-0.2, 0) is 4.79 Å². The number of ether oxygens (including phenoxy) is 1. The van der Waals surface area contributed by atoms with E-state index in [4.69, 9.17) is 4.74 Å². The molecule has 0 saturated heterocycles. The average Bonchev–Trinajstić information content (AvgIpc) is 2.75. The molecule has 0 radical (unpaired) electrons. The number of amides is 2. The van der Waals surface area contributed by atoms with E-state index in [0.717, 1.165) is 5.56 Å². The summed E-state index contributed by atoms with van der Waals surface area (Å²) in [6.07, 6.45) is 5.08. The van der Waals surface area contributed by atoms with Crippen molar-refractivity contribution in [3.05, 3.63) is 77.6 Å². The van der Waals surface area contributed by atoms with Gasteiger partial charge >= 0.3 is 0 Å². The van der Waals surface area contributed by atoms with Gasteiger partial charge in [-0.05, 0) is 49.1 Å². The van der Waals surface area contributed by atoms with Gasteiger partial charge < -0.3 is 15.0 Å². The van der Waals surface area contributed by atoms with Crippen molar-refractivity contribution in [1.82, 2.24) is 10.2 Å². The van der Waals surface area contributed by atoms with Crippen LogP contribution >= 0.6 is 0 Å². The van der Waals surface area contributed by atoms with Crippen LogP contribution in [0.25, 0.3) is 0 Å². The summed E-state index contributed by atoms with van der Waals surface area (Å²) in [7, 11) is 1.64. The number of hydrogen-bond acceptors (Lipinski definition) is 3. The van der Waals surface area contributed by atoms with E-state index in [1.807, 2.05) is 39.0 Å². The van der Waals surface area contributed by atoms with E-state index in [0.29, 0.717) is 24.2 Å². The third-order valence-corrected chi connectivity index (χ3v) is 5.68. The number of para-hydroxylation sites is 1. The van der Waals surface area contributed by atoms with Crippen molar-refractivity contribution in [2.75, 3.05) is 7.05 Å². The highest BCUT2D eigenvalue weighted by Crippen LogP contribution is 2.25. The molecule has 2 amide bonds. The quantitative estimate of drug-likeness (QED) is 0.679. The Hall–Kier alpha value is -3.15. The van der Waals surface area contributed by atoms with Crippen LogP contribution in [0.5, 0.6) is 5.75 Å². The standard InChI is InChI=1S/C26H31FN2O3/c1-17(2)24-25(30)28-22(19-13-15-20(27)16-14-19)11-7-5-9-18(3)32-23-12-8-6-10-21(23)26(31)29(24)4/h5-8,10,12-18,22,24H,9,11H2,1-4H3,(H,28,30)/b7-5+/t18-,22+,24-/m1/s1. The Morgan fingerprint density at radius 3 is 2.38 bits per heavy atom. The van der Waals surface area contributed by atoms with Gasteiger partial charge in [0.15, 0.2) is 0 Å². The molecule has 0 saturated carbocycles. The SMILES string of the molecule is CC(C)[C@@H]1C(=O)N[C@H](c2ccc(F)cc2)C/C=C/C[C@@H](C)Oc2ccccc2C(=O)N1C. The maximum atomic E-state index is 13.4. The zero-order valence-electron chi connectivity index (χ0n) is 19.0. The molecule has 2 aromatic rings. The Balaban J connectivity index is 1.99. The van der Waals surface area contributed by atoms with Gasteiger partial charge in [0.25, 0.3) is 5.91 Å². The number of halogens is 1. The second-order valence-electron chi connectivity index (χ2n) is 8.59. The number of hydrogen-bond donors (Lipinski definition) is 1. The molecule has 1 N–H and O–H groups in total. The lowest BCUT2D eigenvalue weighted by molar-refractivity contribution is -0.127. The molecule has 1 aliphatic rings. The minimum Gasteiger partial charge on any atom is -0.490 e. The van der Waals surface area contributed by atoms with E-state index < -0.39 is 6.04 Å². The van der Waals surface area contributed by atoms with Crippen molar-refractivity contribution in [2.24, 2.45) is 5.92 Å². The number of carbonyl (C=O) groups is 2. The maximum Gasteiger partial charge on any atom is 0.258 e. The Morgan fingerprint density at radius 2 is 1.69 bits per heavy atom. The van der Waals surface area contributed by atoms with E-state index in [-0.39, 0.29) is 35.7 Å². The summed E-state index contributed by atoms with van der Waals surface area (Å²) in [5.41, 5.74) is 1.24. The number of likely N-dealkylation sites (N-methyl/N-ethyl adjacent to an activating group) is 1. The van der Waals surface area contributed by atoms with Gasteiger partial charge in [-0.25, -0.2) is 4.39 Å². The fourth-order valence-electron chi connectivity index (χ4n) is 4.00. The minimum atomic E-state index is -0.678. The molecule has 0 aromatic heterocycles. The summed E-state index contributed by atoms with van der Waals surface area (Å²) < 4.78 is 19.5. The summed E-state index contributed by atoms with van der Waals surface area (Å²) in [5.74, 6) is -0.454. The molecule has 2 aromatic carbocycles. The Bertz CT molecular complexity index is 971. The number of benzene rings is 2. The molecule has 32 heavy (non-hydrogen) atoms. The lowest BCUT2D eigenvalue weighted by Crippen LogP contribution is -2.51. The van der Waals surface area contributed by atoms with Crippen molar-refractivity contribution in [3.8, 4) is 5.75 Å².